The fourth-order valence-corrected chi connectivity index (χ4v) is 3.67. The number of aryl methyl sites for hydroxylation is 1. The van der Waals surface area contributed by atoms with Gasteiger partial charge in [0.1, 0.15) is 11.6 Å². The molecule has 1 fully saturated rings. The number of pyridine rings is 1. The second kappa shape index (κ2) is 7.88. The summed E-state index contributed by atoms with van der Waals surface area (Å²) in [6, 6.07) is 9.66. The molecule has 4 rings (SSSR count). The Hall–Kier alpha value is -3.09. The maximum Gasteiger partial charge on any atom is 0.255 e. The highest BCUT2D eigenvalue weighted by Crippen LogP contribution is 2.26. The van der Waals surface area contributed by atoms with Gasteiger partial charge in [-0.3, -0.25) is 9.59 Å². The number of rotatable bonds is 4. The van der Waals surface area contributed by atoms with E-state index in [2.05, 4.69) is 15.6 Å². The summed E-state index contributed by atoms with van der Waals surface area (Å²) >= 11 is 0. The predicted octanol–water partition coefficient (Wildman–Crippen LogP) is 2.69. The number of carbonyl (C=O) groups is 2. The molecule has 0 bridgehead atoms. The van der Waals surface area contributed by atoms with Gasteiger partial charge in [0.2, 0.25) is 5.91 Å². The van der Waals surface area contributed by atoms with Crippen LogP contribution in [0.4, 0.5) is 11.5 Å². The van der Waals surface area contributed by atoms with E-state index < -0.39 is 0 Å². The van der Waals surface area contributed by atoms with Crippen LogP contribution in [0.1, 0.15) is 28.8 Å². The van der Waals surface area contributed by atoms with Crippen LogP contribution in [0.3, 0.4) is 0 Å². The van der Waals surface area contributed by atoms with Gasteiger partial charge in [0, 0.05) is 25.2 Å². The van der Waals surface area contributed by atoms with Gasteiger partial charge < -0.3 is 20.3 Å². The summed E-state index contributed by atoms with van der Waals surface area (Å²) in [5, 5.41) is 5.69. The molecule has 1 saturated heterocycles. The van der Waals surface area contributed by atoms with Crippen LogP contribution < -0.4 is 15.4 Å². The molecule has 146 valence electrons. The number of para-hydroxylation sites is 1. The maximum atomic E-state index is 13.0. The number of hydrogen-bond donors (Lipinski definition) is 2. The highest BCUT2D eigenvalue weighted by Gasteiger charge is 2.26. The number of benzene rings is 1. The van der Waals surface area contributed by atoms with Crippen LogP contribution in [0.15, 0.2) is 36.5 Å². The Morgan fingerprint density at radius 3 is 3.07 bits per heavy atom. The summed E-state index contributed by atoms with van der Waals surface area (Å²) in [4.78, 5) is 30.6. The SMILES string of the molecule is Cc1ccccc1OCC1CCCN(C(=O)c2cnc3c(c2)NC(=O)CN3)C1. The first kappa shape index (κ1) is 18.3. The van der Waals surface area contributed by atoms with Gasteiger partial charge in [-0.25, -0.2) is 4.98 Å². The van der Waals surface area contributed by atoms with Gasteiger partial charge in [0.25, 0.3) is 5.91 Å². The molecule has 0 radical (unpaired) electrons. The lowest BCUT2D eigenvalue weighted by Crippen LogP contribution is -2.41. The van der Waals surface area contributed by atoms with Crippen LogP contribution in [0.2, 0.25) is 0 Å². The van der Waals surface area contributed by atoms with Gasteiger partial charge in [-0.05, 0) is 37.5 Å². The van der Waals surface area contributed by atoms with Crippen molar-refractivity contribution in [2.45, 2.75) is 19.8 Å². The minimum absolute atomic E-state index is 0.0595. The zero-order chi connectivity index (χ0) is 19.5. The van der Waals surface area contributed by atoms with E-state index >= 15 is 0 Å². The Bertz CT molecular complexity index is 899. The third-order valence-corrected chi connectivity index (χ3v) is 5.20. The largest absolute Gasteiger partial charge is 0.493 e. The van der Waals surface area contributed by atoms with Crippen LogP contribution in [0.5, 0.6) is 5.75 Å². The summed E-state index contributed by atoms with van der Waals surface area (Å²) < 4.78 is 5.99. The molecule has 3 heterocycles. The molecule has 2 aromatic rings. The molecule has 7 heteroatoms. The number of aromatic nitrogens is 1. The van der Waals surface area contributed by atoms with Crippen molar-refractivity contribution in [2.24, 2.45) is 5.92 Å². The summed E-state index contributed by atoms with van der Waals surface area (Å²) in [5.41, 5.74) is 2.16. The molecule has 1 atom stereocenters. The molecular weight excluding hydrogens is 356 g/mol. The molecule has 0 aliphatic carbocycles. The third kappa shape index (κ3) is 3.93. The highest BCUT2D eigenvalue weighted by molar-refractivity contribution is 6.02. The quantitative estimate of drug-likeness (QED) is 0.852. The first-order valence-corrected chi connectivity index (χ1v) is 9.61. The standard InChI is InChI=1S/C21H24N4O3/c1-14-5-2-3-7-18(14)28-13-15-6-4-8-25(12-15)21(27)16-9-17-20(22-10-16)23-11-19(26)24-17/h2-3,5,7,9-10,15H,4,6,8,11-13H2,1H3,(H,22,23)(H,24,26). The van der Waals surface area contributed by atoms with Crippen molar-refractivity contribution in [3.8, 4) is 5.75 Å². The lowest BCUT2D eigenvalue weighted by molar-refractivity contribution is -0.114. The summed E-state index contributed by atoms with van der Waals surface area (Å²) in [6.45, 7) is 4.20. The topological polar surface area (TPSA) is 83.6 Å². The smallest absolute Gasteiger partial charge is 0.255 e. The number of likely N-dealkylation sites (tertiary alicyclic amines) is 1. The fourth-order valence-electron chi connectivity index (χ4n) is 3.67. The van der Waals surface area contributed by atoms with E-state index in [9.17, 15) is 9.59 Å². The van der Waals surface area contributed by atoms with Gasteiger partial charge in [-0.2, -0.15) is 0 Å². The van der Waals surface area contributed by atoms with E-state index in [1.807, 2.05) is 36.1 Å². The molecule has 28 heavy (non-hydrogen) atoms. The lowest BCUT2D eigenvalue weighted by Gasteiger charge is -2.33. The van der Waals surface area contributed by atoms with E-state index in [4.69, 9.17) is 4.74 Å². The van der Waals surface area contributed by atoms with Crippen LogP contribution in [0, 0.1) is 12.8 Å². The summed E-state index contributed by atoms with van der Waals surface area (Å²) in [6.07, 6.45) is 3.56. The molecule has 2 aliphatic rings. The van der Waals surface area contributed by atoms with Gasteiger partial charge in [0.05, 0.1) is 24.4 Å². The van der Waals surface area contributed by atoms with Crippen LogP contribution in [-0.2, 0) is 4.79 Å². The minimum Gasteiger partial charge on any atom is -0.493 e. The minimum atomic E-state index is -0.134. The second-order valence-electron chi connectivity index (χ2n) is 7.36. The van der Waals surface area contributed by atoms with E-state index in [0.29, 0.717) is 36.1 Å². The Morgan fingerprint density at radius 1 is 1.36 bits per heavy atom. The van der Waals surface area contributed by atoms with Crippen molar-refractivity contribution < 1.29 is 14.3 Å². The first-order chi connectivity index (χ1) is 13.6. The third-order valence-electron chi connectivity index (χ3n) is 5.20. The normalized spacial score (nSPS) is 18.7. The average molecular weight is 380 g/mol. The monoisotopic (exact) mass is 380 g/mol. The maximum absolute atomic E-state index is 13.0. The average Bonchev–Trinajstić information content (AvgIpc) is 2.72. The summed E-state index contributed by atoms with van der Waals surface area (Å²) in [5.74, 6) is 1.60. The Balaban J connectivity index is 1.40. The van der Waals surface area contributed by atoms with Crippen molar-refractivity contribution in [3.63, 3.8) is 0 Å². The zero-order valence-electron chi connectivity index (χ0n) is 15.9. The molecule has 0 saturated carbocycles. The molecule has 2 amide bonds. The molecule has 1 unspecified atom stereocenters. The number of carbonyl (C=O) groups excluding carboxylic acids is 2. The van der Waals surface area contributed by atoms with Crippen molar-refractivity contribution >= 4 is 23.3 Å². The molecule has 7 nitrogen and oxygen atoms in total. The number of ether oxygens (including phenoxy) is 1. The van der Waals surface area contributed by atoms with Gasteiger partial charge in [-0.1, -0.05) is 18.2 Å². The van der Waals surface area contributed by atoms with Gasteiger partial charge >= 0.3 is 0 Å². The van der Waals surface area contributed by atoms with E-state index in [0.717, 1.165) is 30.7 Å². The number of piperidine rings is 1. The van der Waals surface area contributed by atoms with Gasteiger partial charge in [-0.15, -0.1) is 0 Å². The van der Waals surface area contributed by atoms with E-state index in [1.165, 1.54) is 0 Å². The molecule has 1 aromatic carbocycles. The number of fused-ring (bicyclic) bond motifs is 1. The number of anilines is 2. The van der Waals surface area contributed by atoms with Crippen molar-refractivity contribution in [1.29, 1.82) is 0 Å². The second-order valence-corrected chi connectivity index (χ2v) is 7.36. The van der Waals surface area contributed by atoms with Crippen LogP contribution in [0.25, 0.3) is 0 Å². The Kier molecular flexibility index (Phi) is 5.14. The van der Waals surface area contributed by atoms with E-state index in [1.54, 1.807) is 12.3 Å². The Morgan fingerprint density at radius 2 is 2.21 bits per heavy atom. The van der Waals surface area contributed by atoms with Crippen molar-refractivity contribution in [2.75, 3.05) is 36.9 Å². The number of nitrogens with zero attached hydrogens (tertiary/aromatic N) is 2. The summed E-state index contributed by atoms with van der Waals surface area (Å²) in [7, 11) is 0. The zero-order valence-corrected chi connectivity index (χ0v) is 15.9. The van der Waals surface area contributed by atoms with Crippen LogP contribution in [-0.4, -0.2) is 47.9 Å². The van der Waals surface area contributed by atoms with Crippen LogP contribution >= 0.6 is 0 Å². The molecule has 2 aliphatic heterocycles. The Labute approximate surface area is 164 Å². The molecule has 2 N–H and O–H groups in total. The van der Waals surface area contributed by atoms with Gasteiger partial charge in [0.15, 0.2) is 0 Å². The predicted molar refractivity (Wildman–Crippen MR) is 107 cm³/mol. The number of amides is 2. The van der Waals surface area contributed by atoms with E-state index in [-0.39, 0.29) is 18.4 Å². The fraction of sp³-hybridized carbons (Fsp3) is 0.381. The molecular formula is C21H24N4O3. The molecule has 1 aromatic heterocycles. The van der Waals surface area contributed by atoms with Crippen molar-refractivity contribution in [3.05, 3.63) is 47.7 Å². The van der Waals surface area contributed by atoms with Crippen molar-refractivity contribution in [1.82, 2.24) is 9.88 Å². The molecule has 0 spiro atoms. The lowest BCUT2D eigenvalue weighted by atomic mass is 9.98. The number of hydrogen-bond acceptors (Lipinski definition) is 5. The highest BCUT2D eigenvalue weighted by atomic mass is 16.5. The first-order valence-electron chi connectivity index (χ1n) is 9.61. The number of nitrogens with one attached hydrogen (secondary N) is 2.